The van der Waals surface area contributed by atoms with E-state index in [4.69, 9.17) is 29.4 Å². The van der Waals surface area contributed by atoms with Crippen molar-refractivity contribution < 1.29 is 71.8 Å². The molecule has 4 atom stereocenters. The lowest BCUT2D eigenvalue weighted by atomic mass is 10.0. The highest BCUT2D eigenvalue weighted by Gasteiger charge is 2.32. The van der Waals surface area contributed by atoms with Crippen molar-refractivity contribution in [1.29, 1.82) is 0 Å². The first-order chi connectivity index (χ1) is 38.3. The number of carbonyl (C=O) groups excluding carboxylic acids is 9. The van der Waals surface area contributed by atoms with E-state index in [0.29, 0.717) is 30.5 Å². The monoisotopic (exact) mass is 1150 g/mol. The number of carbonyl (C=O) groups is 9. The molecule has 0 spiro atoms. The van der Waals surface area contributed by atoms with Gasteiger partial charge in [0.25, 0.3) is 5.69 Å². The van der Waals surface area contributed by atoms with Crippen LogP contribution in [-0.2, 0) is 54.3 Å². The molecule has 0 fully saturated rings. The average molecular weight is 1160 g/mol. The van der Waals surface area contributed by atoms with Gasteiger partial charge < -0.3 is 61.3 Å². The minimum Gasteiger partial charge on any atom is -0.460 e. The first-order valence-electron chi connectivity index (χ1n) is 28.2. The van der Waals surface area contributed by atoms with Gasteiger partial charge in [0.15, 0.2) is 0 Å². The summed E-state index contributed by atoms with van der Waals surface area (Å²) in [5.41, 5.74) is 3.56. The fourth-order valence-corrected chi connectivity index (χ4v) is 7.95. The molecule has 24 nitrogen and oxygen atoms in total. The van der Waals surface area contributed by atoms with E-state index in [1.54, 1.807) is 100 Å². The lowest BCUT2D eigenvalue weighted by molar-refractivity contribution is -0.384. The standard InChI is InChI=1S/C58H90N8O16/c1-38(2)48(50(70)62-43(24-22-36-60-53(59)73)49(69)61-40-28-26-39(27-29-40)37-78-55(75)79-42-32-30-41(31-33-42)66(76)77)65-46(67)25-21-19-17-15-13-12-14-16-18-20-23-44(51(71)81-57(6,7)8)63-54(74)64-45(52(72)82-58(9,10)11)34-35-47(68)80-56(3,4)5/h26-33,38,43-45,48H,12-25,34-37H2,1-11H3,(H,61,69)(H,62,70)(H,65,67)(H3,59,60,73)(H2,63,64,74)/t43-,44-,45-,48-/m0/s1. The number of non-ortho nitro benzene ring substituents is 1. The molecule has 8 N–H and O–H groups in total. The molecule has 0 aromatic heterocycles. The van der Waals surface area contributed by atoms with Crippen molar-refractivity contribution in [2.75, 3.05) is 11.9 Å². The quantitative estimate of drug-likeness (QED) is 0.00859. The Balaban J connectivity index is 1.82. The van der Waals surface area contributed by atoms with Crippen LogP contribution in [0.2, 0.25) is 0 Å². The average Bonchev–Trinajstić information content (AvgIpc) is 3.41. The van der Waals surface area contributed by atoms with Crippen LogP contribution in [0.3, 0.4) is 0 Å². The highest BCUT2D eigenvalue weighted by atomic mass is 16.7. The number of rotatable bonds is 34. The predicted octanol–water partition coefficient (Wildman–Crippen LogP) is 8.85. The summed E-state index contributed by atoms with van der Waals surface area (Å²) in [5, 5.41) is 27.0. The van der Waals surface area contributed by atoms with Crippen LogP contribution in [0.4, 0.5) is 25.8 Å². The molecule has 2 rings (SSSR count). The van der Waals surface area contributed by atoms with Crippen LogP contribution in [0.25, 0.3) is 0 Å². The smallest absolute Gasteiger partial charge is 0.460 e. The van der Waals surface area contributed by atoms with Crippen molar-refractivity contribution in [2.24, 2.45) is 11.7 Å². The molecule has 0 radical (unpaired) electrons. The van der Waals surface area contributed by atoms with E-state index in [2.05, 4.69) is 31.9 Å². The SMILES string of the molecule is CC(C)[C@H](NC(=O)CCCCCCCCCCCC[C@H](NC(=O)N[C@@H](CCC(=O)OC(C)(C)C)C(=O)OC(C)(C)C)C(=O)OC(C)(C)C)C(=O)N[C@@H](CCCNC(N)=O)C(=O)Nc1ccc(COC(=O)Oc2ccc([N+](=O)[O-])cc2)cc1. The first-order valence-corrected chi connectivity index (χ1v) is 28.2. The van der Waals surface area contributed by atoms with Crippen LogP contribution in [0.15, 0.2) is 48.5 Å². The summed E-state index contributed by atoms with van der Waals surface area (Å²) in [6.07, 6.45) is 8.29. The van der Waals surface area contributed by atoms with Gasteiger partial charge in [0, 0.05) is 37.2 Å². The zero-order valence-corrected chi connectivity index (χ0v) is 49.8. The number of nitrogens with one attached hydrogen (secondary N) is 6. The Morgan fingerprint density at radius 3 is 1.57 bits per heavy atom. The van der Waals surface area contributed by atoms with Gasteiger partial charge in [-0.25, -0.2) is 24.0 Å². The Bertz CT molecular complexity index is 2400. The minimum absolute atomic E-state index is 0.0570. The Labute approximate surface area is 482 Å². The number of anilines is 1. The topological polar surface area (TPSA) is 341 Å². The Morgan fingerprint density at radius 2 is 1.07 bits per heavy atom. The number of hydrogen-bond acceptors (Lipinski definition) is 16. The maximum absolute atomic E-state index is 13.7. The van der Waals surface area contributed by atoms with Gasteiger partial charge in [-0.1, -0.05) is 83.8 Å². The summed E-state index contributed by atoms with van der Waals surface area (Å²) in [7, 11) is 0. The molecule has 2 aromatic rings. The third-order valence-electron chi connectivity index (χ3n) is 11.9. The van der Waals surface area contributed by atoms with Gasteiger partial charge in [0.05, 0.1) is 4.92 Å². The van der Waals surface area contributed by atoms with Gasteiger partial charge in [0.1, 0.15) is 53.3 Å². The van der Waals surface area contributed by atoms with E-state index in [9.17, 15) is 53.3 Å². The zero-order valence-electron chi connectivity index (χ0n) is 49.8. The van der Waals surface area contributed by atoms with E-state index in [0.717, 1.165) is 51.4 Å². The van der Waals surface area contributed by atoms with E-state index in [1.165, 1.54) is 24.3 Å². The minimum atomic E-state index is -1.18. The van der Waals surface area contributed by atoms with E-state index in [1.807, 2.05) is 0 Å². The number of nitrogens with zero attached hydrogens (tertiary/aromatic N) is 1. The maximum atomic E-state index is 13.7. The van der Waals surface area contributed by atoms with Crippen molar-refractivity contribution in [3.63, 3.8) is 0 Å². The van der Waals surface area contributed by atoms with Crippen molar-refractivity contribution in [3.05, 3.63) is 64.2 Å². The largest absolute Gasteiger partial charge is 0.514 e. The molecule has 0 aliphatic rings. The molecule has 0 saturated carbocycles. The number of unbranched alkanes of at least 4 members (excludes halogenated alkanes) is 9. The normalized spacial score (nSPS) is 13.0. The second-order valence-corrected chi connectivity index (χ2v) is 23.4. The predicted molar refractivity (Wildman–Crippen MR) is 306 cm³/mol. The van der Waals surface area contributed by atoms with Crippen molar-refractivity contribution in [1.82, 2.24) is 26.6 Å². The number of hydrogen-bond donors (Lipinski definition) is 7. The van der Waals surface area contributed by atoms with Crippen LogP contribution in [0, 0.1) is 16.0 Å². The third kappa shape index (κ3) is 32.1. The highest BCUT2D eigenvalue weighted by Crippen LogP contribution is 2.21. The number of nitrogens with two attached hydrogens (primary N) is 1. The van der Waals surface area contributed by atoms with Crippen LogP contribution >= 0.6 is 0 Å². The number of ether oxygens (including phenoxy) is 5. The van der Waals surface area contributed by atoms with Gasteiger partial charge in [0.2, 0.25) is 17.7 Å². The molecule has 0 heterocycles. The van der Waals surface area contributed by atoms with Gasteiger partial charge in [-0.3, -0.25) is 29.3 Å². The summed E-state index contributed by atoms with van der Waals surface area (Å²) >= 11 is 0. The molecular weight excluding hydrogens is 1060 g/mol. The molecule has 0 bridgehead atoms. The maximum Gasteiger partial charge on any atom is 0.514 e. The van der Waals surface area contributed by atoms with Crippen molar-refractivity contribution >= 4 is 65.2 Å². The molecule has 0 saturated heterocycles. The van der Waals surface area contributed by atoms with E-state index in [-0.39, 0.29) is 68.5 Å². The molecule has 458 valence electrons. The van der Waals surface area contributed by atoms with E-state index < -0.39 is 93.8 Å². The second kappa shape index (κ2) is 35.4. The Kier molecular flexibility index (Phi) is 30.4. The molecular formula is C58H90N8O16. The number of nitro benzene ring substituents is 1. The summed E-state index contributed by atoms with van der Waals surface area (Å²) in [4.78, 5) is 126. The van der Waals surface area contributed by atoms with Gasteiger partial charge >= 0.3 is 36.1 Å². The van der Waals surface area contributed by atoms with Gasteiger partial charge in [-0.15, -0.1) is 0 Å². The number of benzene rings is 2. The number of urea groups is 2. The molecule has 2 aromatic carbocycles. The number of amides is 7. The second-order valence-electron chi connectivity index (χ2n) is 23.4. The number of primary amides is 1. The fourth-order valence-electron chi connectivity index (χ4n) is 7.95. The van der Waals surface area contributed by atoms with Crippen molar-refractivity contribution in [2.45, 2.75) is 226 Å². The Morgan fingerprint density at radius 1 is 0.573 bits per heavy atom. The van der Waals surface area contributed by atoms with Gasteiger partial charge in [-0.2, -0.15) is 0 Å². The van der Waals surface area contributed by atoms with Crippen LogP contribution in [-0.4, -0.2) is 106 Å². The lowest BCUT2D eigenvalue weighted by Gasteiger charge is -2.27. The first kappa shape index (κ1) is 70.6. The summed E-state index contributed by atoms with van der Waals surface area (Å²) in [6.45, 7) is 19.0. The Hall–Kier alpha value is -7.53. The summed E-state index contributed by atoms with van der Waals surface area (Å²) in [6, 6.07) is 5.54. The summed E-state index contributed by atoms with van der Waals surface area (Å²) in [5.74, 6) is -3.54. The van der Waals surface area contributed by atoms with Crippen LogP contribution < -0.4 is 42.4 Å². The number of esters is 3. The fraction of sp³-hybridized carbons (Fsp3) is 0.638. The van der Waals surface area contributed by atoms with E-state index >= 15 is 0 Å². The zero-order chi connectivity index (χ0) is 61.6. The summed E-state index contributed by atoms with van der Waals surface area (Å²) < 4.78 is 26.7. The lowest BCUT2D eigenvalue weighted by Crippen LogP contribution is -2.54. The molecule has 0 unspecified atom stereocenters. The molecule has 24 heteroatoms. The van der Waals surface area contributed by atoms with Crippen molar-refractivity contribution in [3.8, 4) is 5.75 Å². The molecule has 0 aliphatic carbocycles. The van der Waals surface area contributed by atoms with Crippen LogP contribution in [0.5, 0.6) is 5.75 Å². The molecule has 7 amide bonds. The third-order valence-corrected chi connectivity index (χ3v) is 11.9. The molecule has 0 aliphatic heterocycles. The van der Waals surface area contributed by atoms with Crippen LogP contribution in [0.1, 0.15) is 184 Å². The molecule has 82 heavy (non-hydrogen) atoms. The number of nitro groups is 1. The highest BCUT2D eigenvalue weighted by molar-refractivity contribution is 5.98. The van der Waals surface area contributed by atoms with Gasteiger partial charge in [-0.05, 0) is 130 Å².